The Morgan fingerprint density at radius 3 is 2.89 bits per heavy atom. The topological polar surface area (TPSA) is 84.5 Å². The summed E-state index contributed by atoms with van der Waals surface area (Å²) in [7, 11) is 1.90. The summed E-state index contributed by atoms with van der Waals surface area (Å²) in [6.45, 7) is 4.81. The number of aryl methyl sites for hydroxylation is 3. The van der Waals surface area contributed by atoms with Gasteiger partial charge in [-0.1, -0.05) is 13.3 Å². The third-order valence-electron chi connectivity index (χ3n) is 3.03. The van der Waals surface area contributed by atoms with Crippen LogP contribution in [-0.2, 0) is 20.0 Å². The largest absolute Gasteiger partial charge is 0.394 e. The zero-order valence-electron chi connectivity index (χ0n) is 11.1. The van der Waals surface area contributed by atoms with Gasteiger partial charge in [-0.15, -0.1) is 0 Å². The molecule has 0 aliphatic rings. The van der Waals surface area contributed by atoms with Gasteiger partial charge in [0.1, 0.15) is 5.82 Å². The van der Waals surface area contributed by atoms with Gasteiger partial charge in [0.05, 0.1) is 17.6 Å². The molecule has 0 aromatic carbocycles. The minimum absolute atomic E-state index is 0.692. The van der Waals surface area contributed by atoms with Crippen molar-refractivity contribution in [2.24, 2.45) is 7.05 Å². The molecule has 98 valence electrons. The standard InChI is InChI=1S/C12H20N6/c1-4-5-10-11(13)12(18(3)17-10)14-6-9-7-15-16-8(9)2/h7,14H,4-6,13H2,1-3H3,(H,15,16). The van der Waals surface area contributed by atoms with Crippen molar-refractivity contribution in [1.82, 2.24) is 20.0 Å². The molecular weight excluding hydrogens is 228 g/mol. The molecule has 0 saturated heterocycles. The Bertz CT molecular complexity index is 525. The van der Waals surface area contributed by atoms with Crippen LogP contribution in [0.4, 0.5) is 11.5 Å². The van der Waals surface area contributed by atoms with Crippen LogP contribution >= 0.6 is 0 Å². The summed E-state index contributed by atoms with van der Waals surface area (Å²) < 4.78 is 1.80. The molecule has 6 nitrogen and oxygen atoms in total. The number of nitrogens with one attached hydrogen (secondary N) is 2. The van der Waals surface area contributed by atoms with E-state index in [9.17, 15) is 0 Å². The highest BCUT2D eigenvalue weighted by Gasteiger charge is 2.12. The zero-order valence-corrected chi connectivity index (χ0v) is 11.1. The van der Waals surface area contributed by atoms with Gasteiger partial charge in [0, 0.05) is 24.8 Å². The minimum atomic E-state index is 0.692. The SMILES string of the molecule is CCCc1nn(C)c(NCc2cn[nH]c2C)c1N. The molecule has 0 saturated carbocycles. The highest BCUT2D eigenvalue weighted by molar-refractivity contribution is 5.65. The summed E-state index contributed by atoms with van der Waals surface area (Å²) in [4.78, 5) is 0. The molecule has 0 atom stereocenters. The van der Waals surface area contributed by atoms with Gasteiger partial charge in [-0.3, -0.25) is 9.78 Å². The van der Waals surface area contributed by atoms with Crippen molar-refractivity contribution in [3.63, 3.8) is 0 Å². The first-order chi connectivity index (χ1) is 8.63. The van der Waals surface area contributed by atoms with Crippen molar-refractivity contribution >= 4 is 11.5 Å². The number of hydrogen-bond donors (Lipinski definition) is 3. The van der Waals surface area contributed by atoms with E-state index in [1.807, 2.05) is 20.2 Å². The average molecular weight is 248 g/mol. The van der Waals surface area contributed by atoms with Crippen molar-refractivity contribution in [1.29, 1.82) is 0 Å². The van der Waals surface area contributed by atoms with E-state index in [-0.39, 0.29) is 0 Å². The number of aromatic nitrogens is 4. The zero-order chi connectivity index (χ0) is 13.1. The van der Waals surface area contributed by atoms with Crippen molar-refractivity contribution in [3.8, 4) is 0 Å². The second-order valence-electron chi connectivity index (χ2n) is 4.46. The number of aromatic amines is 1. The van der Waals surface area contributed by atoms with Crippen LogP contribution in [0.25, 0.3) is 0 Å². The van der Waals surface area contributed by atoms with Crippen LogP contribution in [-0.4, -0.2) is 20.0 Å². The Morgan fingerprint density at radius 1 is 1.50 bits per heavy atom. The molecule has 0 aliphatic carbocycles. The lowest BCUT2D eigenvalue weighted by molar-refractivity contribution is 0.735. The molecule has 2 aromatic heterocycles. The lowest BCUT2D eigenvalue weighted by Gasteiger charge is -2.06. The fourth-order valence-electron chi connectivity index (χ4n) is 1.96. The number of nitrogens with zero attached hydrogens (tertiary/aromatic N) is 3. The van der Waals surface area contributed by atoms with E-state index in [1.54, 1.807) is 4.68 Å². The van der Waals surface area contributed by atoms with Crippen molar-refractivity contribution in [2.75, 3.05) is 11.1 Å². The molecule has 2 heterocycles. The highest BCUT2D eigenvalue weighted by atomic mass is 15.3. The van der Waals surface area contributed by atoms with Gasteiger partial charge < -0.3 is 11.1 Å². The molecule has 0 bridgehead atoms. The first-order valence-electron chi connectivity index (χ1n) is 6.17. The van der Waals surface area contributed by atoms with Gasteiger partial charge in [-0.2, -0.15) is 10.2 Å². The maximum absolute atomic E-state index is 6.10. The monoisotopic (exact) mass is 248 g/mol. The average Bonchev–Trinajstić information content (AvgIpc) is 2.84. The summed E-state index contributed by atoms with van der Waals surface area (Å²) >= 11 is 0. The molecule has 0 unspecified atom stereocenters. The Morgan fingerprint density at radius 2 is 2.28 bits per heavy atom. The number of nitrogen functional groups attached to an aromatic ring is 1. The Balaban J connectivity index is 2.12. The van der Waals surface area contributed by atoms with E-state index in [4.69, 9.17) is 5.73 Å². The number of rotatable bonds is 5. The molecule has 6 heteroatoms. The van der Waals surface area contributed by atoms with E-state index in [2.05, 4.69) is 27.5 Å². The van der Waals surface area contributed by atoms with Crippen LogP contribution in [0.2, 0.25) is 0 Å². The normalized spacial score (nSPS) is 10.8. The van der Waals surface area contributed by atoms with Crippen LogP contribution < -0.4 is 11.1 Å². The van der Waals surface area contributed by atoms with Crippen molar-refractivity contribution in [3.05, 3.63) is 23.1 Å². The van der Waals surface area contributed by atoms with Crippen LogP contribution in [0.3, 0.4) is 0 Å². The van der Waals surface area contributed by atoms with E-state index in [1.165, 1.54) is 0 Å². The number of anilines is 2. The molecule has 0 radical (unpaired) electrons. The van der Waals surface area contributed by atoms with Crippen molar-refractivity contribution < 1.29 is 0 Å². The molecule has 2 rings (SSSR count). The summed E-state index contributed by atoms with van der Waals surface area (Å²) in [5, 5.41) is 14.7. The summed E-state index contributed by atoms with van der Waals surface area (Å²) in [6.07, 6.45) is 3.77. The molecule has 0 fully saturated rings. The predicted molar refractivity (Wildman–Crippen MR) is 72.3 cm³/mol. The van der Waals surface area contributed by atoms with Crippen LogP contribution in [0.5, 0.6) is 0 Å². The van der Waals surface area contributed by atoms with Crippen LogP contribution in [0.1, 0.15) is 30.3 Å². The second-order valence-corrected chi connectivity index (χ2v) is 4.46. The Labute approximate surface area is 107 Å². The molecular formula is C12H20N6. The summed E-state index contributed by atoms with van der Waals surface area (Å²) in [5.74, 6) is 0.874. The van der Waals surface area contributed by atoms with E-state index in [0.717, 1.165) is 41.3 Å². The quantitative estimate of drug-likeness (QED) is 0.750. The lowest BCUT2D eigenvalue weighted by Crippen LogP contribution is -2.06. The summed E-state index contributed by atoms with van der Waals surface area (Å²) in [5.41, 5.74) is 10.0. The first-order valence-corrected chi connectivity index (χ1v) is 6.17. The van der Waals surface area contributed by atoms with E-state index >= 15 is 0 Å². The van der Waals surface area contributed by atoms with Gasteiger partial charge in [-0.05, 0) is 13.3 Å². The second kappa shape index (κ2) is 5.12. The molecule has 0 spiro atoms. The Hall–Kier alpha value is -1.98. The number of nitrogens with two attached hydrogens (primary N) is 1. The van der Waals surface area contributed by atoms with E-state index in [0.29, 0.717) is 6.54 Å². The Kier molecular flexibility index (Phi) is 3.55. The van der Waals surface area contributed by atoms with Crippen LogP contribution in [0.15, 0.2) is 6.20 Å². The van der Waals surface area contributed by atoms with E-state index < -0.39 is 0 Å². The third-order valence-corrected chi connectivity index (χ3v) is 3.03. The minimum Gasteiger partial charge on any atom is -0.394 e. The predicted octanol–water partition coefficient (Wildman–Crippen LogP) is 1.60. The first kappa shape index (κ1) is 12.5. The van der Waals surface area contributed by atoms with Crippen molar-refractivity contribution in [2.45, 2.75) is 33.2 Å². The number of H-pyrrole nitrogens is 1. The van der Waals surface area contributed by atoms with Gasteiger partial charge in [-0.25, -0.2) is 0 Å². The molecule has 2 aromatic rings. The lowest BCUT2D eigenvalue weighted by atomic mass is 10.2. The fraction of sp³-hybridized carbons (Fsp3) is 0.500. The molecule has 18 heavy (non-hydrogen) atoms. The van der Waals surface area contributed by atoms with Gasteiger partial charge in [0.2, 0.25) is 0 Å². The maximum Gasteiger partial charge on any atom is 0.148 e. The summed E-state index contributed by atoms with van der Waals surface area (Å²) in [6, 6.07) is 0. The maximum atomic E-state index is 6.10. The fourth-order valence-corrected chi connectivity index (χ4v) is 1.96. The molecule has 0 aliphatic heterocycles. The molecule has 0 amide bonds. The molecule has 4 N–H and O–H groups in total. The van der Waals surface area contributed by atoms with Gasteiger partial charge in [0.15, 0.2) is 0 Å². The number of hydrogen-bond acceptors (Lipinski definition) is 4. The smallest absolute Gasteiger partial charge is 0.148 e. The third kappa shape index (κ3) is 2.32. The highest BCUT2D eigenvalue weighted by Crippen LogP contribution is 2.23. The van der Waals surface area contributed by atoms with Gasteiger partial charge in [0.25, 0.3) is 0 Å². The van der Waals surface area contributed by atoms with Crippen LogP contribution in [0, 0.1) is 6.92 Å². The van der Waals surface area contributed by atoms with Gasteiger partial charge >= 0.3 is 0 Å².